The number of rotatable bonds is 47. The number of aliphatic carboxylic acids is 1. The molecule has 2 unspecified atom stereocenters. The van der Waals surface area contributed by atoms with E-state index in [9.17, 15) is 19.5 Å². The van der Waals surface area contributed by atoms with Gasteiger partial charge in [-0.2, -0.15) is 0 Å². The Hall–Kier alpha value is -2.97. The third-order valence-corrected chi connectivity index (χ3v) is 11.7. The van der Waals surface area contributed by atoms with Crippen molar-refractivity contribution in [3.63, 3.8) is 0 Å². The Balaban J connectivity index is 4.27. The van der Waals surface area contributed by atoms with Crippen molar-refractivity contribution in [1.82, 2.24) is 0 Å². The maximum absolute atomic E-state index is 12.8. The van der Waals surface area contributed by atoms with E-state index in [1.54, 1.807) is 0 Å². The lowest BCUT2D eigenvalue weighted by molar-refractivity contribution is -0.887. The molecule has 0 aromatic carbocycles. The average Bonchev–Trinajstić information content (AvgIpc) is 3.26. The van der Waals surface area contributed by atoms with E-state index in [0.717, 1.165) is 83.5 Å². The molecule has 64 heavy (non-hydrogen) atoms. The quantitative estimate of drug-likeness (QED) is 0.0281. The first-order valence-electron chi connectivity index (χ1n) is 26.3. The van der Waals surface area contributed by atoms with E-state index >= 15 is 0 Å². The first-order chi connectivity index (χ1) is 31.1. The third kappa shape index (κ3) is 44.2. The van der Waals surface area contributed by atoms with Gasteiger partial charge in [-0.25, -0.2) is 4.79 Å². The van der Waals surface area contributed by atoms with Gasteiger partial charge in [-0.15, -0.1) is 0 Å². The minimum atomic E-state index is -0.878. The summed E-state index contributed by atoms with van der Waals surface area (Å²) in [4.78, 5) is 37.2. The number of quaternary nitrogens is 1. The van der Waals surface area contributed by atoms with Gasteiger partial charge in [0.05, 0.1) is 34.4 Å². The van der Waals surface area contributed by atoms with Gasteiger partial charge in [0.2, 0.25) is 0 Å². The molecule has 2 atom stereocenters. The first-order valence-corrected chi connectivity index (χ1v) is 26.3. The fraction of sp³-hybridized carbons (Fsp3) is 0.768. The van der Waals surface area contributed by atoms with Crippen molar-refractivity contribution < 1.29 is 38.2 Å². The van der Waals surface area contributed by atoms with Crippen molar-refractivity contribution in [3.8, 4) is 0 Å². The summed E-state index contributed by atoms with van der Waals surface area (Å²) in [6.45, 7) is 4.62. The van der Waals surface area contributed by atoms with Crippen molar-refractivity contribution in [2.24, 2.45) is 0 Å². The van der Waals surface area contributed by atoms with Crippen LogP contribution in [-0.2, 0) is 28.6 Å². The van der Waals surface area contributed by atoms with Crippen LogP contribution in [-0.4, -0.2) is 80.6 Å². The summed E-state index contributed by atoms with van der Waals surface area (Å²) >= 11 is 0. The minimum absolute atomic E-state index is 0.0531. The summed E-state index contributed by atoms with van der Waals surface area (Å²) in [5.74, 6) is -1.49. The molecule has 0 rings (SSSR count). The van der Waals surface area contributed by atoms with Gasteiger partial charge in [0.1, 0.15) is 6.61 Å². The maximum atomic E-state index is 12.8. The zero-order valence-corrected chi connectivity index (χ0v) is 42.2. The van der Waals surface area contributed by atoms with Gasteiger partial charge in [0.15, 0.2) is 12.1 Å². The molecule has 0 aromatic rings. The van der Waals surface area contributed by atoms with Crippen LogP contribution in [0.5, 0.6) is 0 Å². The van der Waals surface area contributed by atoms with Crippen molar-refractivity contribution in [2.45, 2.75) is 238 Å². The lowest BCUT2D eigenvalue weighted by Crippen LogP contribution is -2.50. The number of carbonyl (C=O) groups is 3. The van der Waals surface area contributed by atoms with E-state index in [2.05, 4.69) is 74.6 Å². The number of hydrogen-bond donors (Lipinski definition) is 1. The second-order valence-electron chi connectivity index (χ2n) is 18.8. The standard InChI is InChI=1S/C56H99NO7/c1-6-8-10-12-14-16-18-20-22-24-26-28-30-32-34-36-38-40-42-44-46-54(58)63-51-52(50-62-49-48-53(56(60)61)57(3,4)5)64-55(59)47-45-43-41-39-37-35-33-31-29-27-25-23-21-19-17-15-13-11-9-7-2/h8,10,14,16,20,22,26,28,32,34,52-53H,6-7,9,11-13,15,17-19,21,23-25,27,29-31,33,35-51H2,1-5H3/p+1/b10-8+,16-14+,22-20+,28-26+,34-32+. The summed E-state index contributed by atoms with van der Waals surface area (Å²) < 4.78 is 17.4. The lowest BCUT2D eigenvalue weighted by atomic mass is 10.0. The van der Waals surface area contributed by atoms with E-state index in [1.165, 1.54) is 109 Å². The molecule has 0 radical (unpaired) electrons. The molecular formula is C56H100NO7+. The molecule has 0 amide bonds. The number of carboxylic acid groups (broad SMARTS) is 1. The molecular weight excluding hydrogens is 799 g/mol. The highest BCUT2D eigenvalue weighted by Gasteiger charge is 2.31. The second kappa shape index (κ2) is 46.6. The third-order valence-electron chi connectivity index (χ3n) is 11.7. The SMILES string of the molecule is CC/C=C/C/C=C/C/C=C/C/C=C/C/C=C/CCCCCCC(=O)OCC(COCCC(C(=O)O)[N+](C)(C)C)OC(=O)CCCCCCCCCCCCCCCCCCCCCC. The molecule has 0 heterocycles. The van der Waals surface area contributed by atoms with E-state index in [0.29, 0.717) is 19.3 Å². The van der Waals surface area contributed by atoms with Crippen LogP contribution in [0.15, 0.2) is 60.8 Å². The number of hydrogen-bond acceptors (Lipinski definition) is 6. The largest absolute Gasteiger partial charge is 0.477 e. The Labute approximate surface area is 394 Å². The van der Waals surface area contributed by atoms with Gasteiger partial charge >= 0.3 is 17.9 Å². The fourth-order valence-electron chi connectivity index (χ4n) is 7.65. The monoisotopic (exact) mass is 899 g/mol. The molecule has 370 valence electrons. The molecule has 0 aliphatic heterocycles. The van der Waals surface area contributed by atoms with E-state index in [4.69, 9.17) is 14.2 Å². The van der Waals surface area contributed by atoms with E-state index < -0.39 is 18.1 Å². The molecule has 8 nitrogen and oxygen atoms in total. The van der Waals surface area contributed by atoms with Crippen LogP contribution >= 0.6 is 0 Å². The summed E-state index contributed by atoms with van der Waals surface area (Å²) in [5.41, 5.74) is 0. The highest BCUT2D eigenvalue weighted by molar-refractivity contribution is 5.72. The highest BCUT2D eigenvalue weighted by Crippen LogP contribution is 2.16. The molecule has 0 saturated carbocycles. The van der Waals surface area contributed by atoms with E-state index in [-0.39, 0.29) is 36.2 Å². The average molecular weight is 899 g/mol. The fourth-order valence-corrected chi connectivity index (χ4v) is 7.65. The van der Waals surface area contributed by atoms with Crippen LogP contribution in [0.3, 0.4) is 0 Å². The van der Waals surface area contributed by atoms with Crippen LogP contribution in [0.2, 0.25) is 0 Å². The van der Waals surface area contributed by atoms with Gasteiger partial charge in [0, 0.05) is 19.3 Å². The Kier molecular flexibility index (Phi) is 44.4. The maximum Gasteiger partial charge on any atom is 0.362 e. The van der Waals surface area contributed by atoms with Crippen molar-refractivity contribution >= 4 is 17.9 Å². The van der Waals surface area contributed by atoms with Gasteiger partial charge < -0.3 is 23.8 Å². The Bertz CT molecular complexity index is 1230. The van der Waals surface area contributed by atoms with E-state index in [1.807, 2.05) is 21.1 Å². The van der Waals surface area contributed by atoms with Gasteiger partial charge in [-0.3, -0.25) is 9.59 Å². The zero-order valence-electron chi connectivity index (χ0n) is 42.2. The van der Waals surface area contributed by atoms with Crippen molar-refractivity contribution in [3.05, 3.63) is 60.8 Å². The molecule has 0 fully saturated rings. The van der Waals surface area contributed by atoms with Gasteiger partial charge in [0.25, 0.3) is 0 Å². The summed E-state index contributed by atoms with van der Waals surface area (Å²) in [7, 11) is 5.53. The van der Waals surface area contributed by atoms with Gasteiger partial charge in [-0.1, -0.05) is 209 Å². The lowest BCUT2D eigenvalue weighted by Gasteiger charge is -2.31. The van der Waals surface area contributed by atoms with Crippen LogP contribution in [0.1, 0.15) is 226 Å². The molecule has 0 spiro atoms. The smallest absolute Gasteiger partial charge is 0.362 e. The summed E-state index contributed by atoms with van der Waals surface area (Å²) in [6, 6.07) is -0.620. The number of carbonyl (C=O) groups excluding carboxylic acids is 2. The minimum Gasteiger partial charge on any atom is -0.477 e. The predicted octanol–water partition coefficient (Wildman–Crippen LogP) is 15.3. The molecule has 0 aliphatic carbocycles. The predicted molar refractivity (Wildman–Crippen MR) is 271 cm³/mol. The number of allylic oxidation sites excluding steroid dienone is 10. The number of unbranched alkanes of at least 4 members (excludes halogenated alkanes) is 23. The summed E-state index contributed by atoms with van der Waals surface area (Å²) in [6.07, 6.45) is 58.4. The number of carboxylic acids is 1. The van der Waals surface area contributed by atoms with Crippen molar-refractivity contribution in [1.29, 1.82) is 0 Å². The molecule has 8 heteroatoms. The molecule has 0 aliphatic rings. The summed E-state index contributed by atoms with van der Waals surface area (Å²) in [5, 5.41) is 9.66. The van der Waals surface area contributed by atoms with Gasteiger partial charge in [-0.05, 0) is 57.8 Å². The number of esters is 2. The number of ether oxygens (including phenoxy) is 3. The molecule has 0 bridgehead atoms. The molecule has 1 N–H and O–H groups in total. The van der Waals surface area contributed by atoms with Crippen molar-refractivity contribution in [2.75, 3.05) is 41.0 Å². The molecule has 0 aromatic heterocycles. The first kappa shape index (κ1) is 61.0. The highest BCUT2D eigenvalue weighted by atomic mass is 16.6. The molecule has 0 saturated heterocycles. The van der Waals surface area contributed by atoms with Crippen LogP contribution in [0.25, 0.3) is 0 Å². The number of nitrogens with zero attached hydrogens (tertiary/aromatic N) is 1. The van der Waals surface area contributed by atoms with Crippen LogP contribution in [0, 0.1) is 0 Å². The normalized spacial score (nSPS) is 13.3. The topological polar surface area (TPSA) is 99.1 Å². The van der Waals surface area contributed by atoms with Crippen LogP contribution in [0.4, 0.5) is 0 Å². The Morgan fingerprint density at radius 2 is 0.875 bits per heavy atom. The Morgan fingerprint density at radius 1 is 0.484 bits per heavy atom. The number of likely N-dealkylation sites (N-methyl/N-ethyl adjacent to an activating group) is 1. The zero-order chi connectivity index (χ0) is 47.0. The van der Waals surface area contributed by atoms with Crippen LogP contribution < -0.4 is 0 Å². The second-order valence-corrected chi connectivity index (χ2v) is 18.8. The Morgan fingerprint density at radius 3 is 1.30 bits per heavy atom.